The Morgan fingerprint density at radius 3 is 1.78 bits per heavy atom. The summed E-state index contributed by atoms with van der Waals surface area (Å²) >= 11 is 0. The van der Waals surface area contributed by atoms with Crippen LogP contribution in [-0.2, 0) is 23.7 Å². The van der Waals surface area contributed by atoms with Crippen LogP contribution in [0.25, 0.3) is 0 Å². The van der Waals surface area contributed by atoms with E-state index >= 15 is 0 Å². The molecular weight excluding hydrogens is 702 g/mol. The molecule has 2 heterocycles. The highest BCUT2D eigenvalue weighted by atomic mass is 16.7. The number of carbonyl (C=O) groups is 1. The molecule has 0 radical (unpaired) electrons. The summed E-state index contributed by atoms with van der Waals surface area (Å²) in [5.41, 5.74) is 0. The van der Waals surface area contributed by atoms with Crippen molar-refractivity contribution < 1.29 is 64.6 Å². The van der Waals surface area contributed by atoms with Crippen molar-refractivity contribution in [3.05, 3.63) is 36.5 Å². The van der Waals surface area contributed by atoms with Gasteiger partial charge in [0.2, 0.25) is 5.91 Å². The Balaban J connectivity index is 1.79. The van der Waals surface area contributed by atoms with Crippen LogP contribution in [0.2, 0.25) is 0 Å². The molecule has 2 fully saturated rings. The molecule has 0 aromatic heterocycles. The number of aliphatic hydroxyl groups is 8. The number of hydrogen-bond donors (Lipinski definition) is 9. The van der Waals surface area contributed by atoms with E-state index in [0.717, 1.165) is 25.7 Å². The largest absolute Gasteiger partial charge is 0.394 e. The van der Waals surface area contributed by atoms with Crippen LogP contribution in [0.4, 0.5) is 0 Å². The zero-order chi connectivity index (χ0) is 39.7. The third kappa shape index (κ3) is 17.6. The van der Waals surface area contributed by atoms with E-state index in [-0.39, 0.29) is 18.9 Å². The minimum absolute atomic E-state index is 0.219. The van der Waals surface area contributed by atoms with Crippen LogP contribution in [-0.4, -0.2) is 140 Å². The van der Waals surface area contributed by atoms with Crippen molar-refractivity contribution in [2.45, 2.75) is 190 Å². The molecule has 2 aliphatic heterocycles. The summed E-state index contributed by atoms with van der Waals surface area (Å²) in [4.78, 5) is 12.5. The van der Waals surface area contributed by atoms with E-state index in [1.165, 1.54) is 57.8 Å². The third-order valence-electron chi connectivity index (χ3n) is 9.78. The van der Waals surface area contributed by atoms with E-state index in [0.29, 0.717) is 12.8 Å². The van der Waals surface area contributed by atoms with Crippen molar-refractivity contribution in [1.29, 1.82) is 0 Å². The molecule has 0 saturated carbocycles. The molecule has 14 heteroatoms. The molecule has 0 spiro atoms. The van der Waals surface area contributed by atoms with E-state index in [1.807, 2.05) is 13.0 Å². The fourth-order valence-corrected chi connectivity index (χ4v) is 6.42. The Kier molecular flexibility index (Phi) is 25.6. The zero-order valence-corrected chi connectivity index (χ0v) is 32.4. The number of ether oxygens (including phenoxy) is 4. The molecule has 12 unspecified atom stereocenters. The van der Waals surface area contributed by atoms with Gasteiger partial charge < -0.3 is 65.1 Å². The van der Waals surface area contributed by atoms with Gasteiger partial charge in [0.1, 0.15) is 48.8 Å². The Morgan fingerprint density at radius 2 is 1.19 bits per heavy atom. The Labute approximate surface area is 321 Å². The van der Waals surface area contributed by atoms with Crippen molar-refractivity contribution >= 4 is 5.91 Å². The Bertz CT molecular complexity index is 1060. The predicted molar refractivity (Wildman–Crippen MR) is 203 cm³/mol. The van der Waals surface area contributed by atoms with Crippen molar-refractivity contribution in [3.63, 3.8) is 0 Å². The van der Waals surface area contributed by atoms with E-state index in [1.54, 1.807) is 6.08 Å². The smallest absolute Gasteiger partial charge is 0.220 e. The highest BCUT2D eigenvalue weighted by Gasteiger charge is 2.50. The zero-order valence-electron chi connectivity index (χ0n) is 32.4. The minimum atomic E-state index is -1.79. The highest BCUT2D eigenvalue weighted by molar-refractivity contribution is 5.76. The van der Waals surface area contributed by atoms with Gasteiger partial charge >= 0.3 is 0 Å². The summed E-state index contributed by atoms with van der Waals surface area (Å²) < 4.78 is 22.3. The maximum atomic E-state index is 12.5. The first-order chi connectivity index (χ1) is 26.1. The van der Waals surface area contributed by atoms with Gasteiger partial charge in [-0.05, 0) is 44.9 Å². The molecule has 314 valence electrons. The minimum Gasteiger partial charge on any atom is -0.394 e. The average Bonchev–Trinajstić information content (AvgIpc) is 3.16. The van der Waals surface area contributed by atoms with Crippen molar-refractivity contribution in [2.24, 2.45) is 0 Å². The molecule has 0 aliphatic carbocycles. The second-order valence-electron chi connectivity index (χ2n) is 14.4. The second-order valence-corrected chi connectivity index (χ2v) is 14.4. The number of unbranched alkanes of at least 4 members (excludes halogenated alkanes) is 11. The number of nitrogens with one attached hydrogen (secondary N) is 1. The van der Waals surface area contributed by atoms with E-state index in [2.05, 4.69) is 36.5 Å². The van der Waals surface area contributed by atoms with Crippen LogP contribution in [0.15, 0.2) is 36.5 Å². The monoisotopic (exact) mass is 773 g/mol. The van der Waals surface area contributed by atoms with Crippen LogP contribution >= 0.6 is 0 Å². The molecule has 9 N–H and O–H groups in total. The number of hydrogen-bond acceptors (Lipinski definition) is 13. The van der Waals surface area contributed by atoms with E-state index in [9.17, 15) is 45.6 Å². The normalized spacial score (nSPS) is 30.4. The summed E-state index contributed by atoms with van der Waals surface area (Å²) in [6, 6.07) is -0.929. The molecule has 14 nitrogen and oxygen atoms in total. The number of rotatable bonds is 28. The van der Waals surface area contributed by atoms with Crippen LogP contribution in [0, 0.1) is 0 Å². The van der Waals surface area contributed by atoms with Crippen molar-refractivity contribution in [2.75, 3.05) is 19.8 Å². The average molecular weight is 774 g/mol. The standard InChI is InChI=1S/C40H71NO13/c1-3-5-6-7-8-9-10-11-12-13-14-15-16-17-18-19-20-21-22-24-29(44)28(41-32(45)23-4-2)27-51-39-37(50)35(48)38(31(26-43)53-39)54-40-36(49)34(47)33(46)30(25-42)52-40/h14-15,18-19,22,24,28-31,33-40,42-44,46-50H,3-13,16-17,20-21,23,25-27H2,1-2H3,(H,41,45)/b15-14+,19-18+,24-22+. The lowest BCUT2D eigenvalue weighted by atomic mass is 9.97. The number of aliphatic hydroxyl groups excluding tert-OH is 8. The summed E-state index contributed by atoms with van der Waals surface area (Å²) in [6.07, 6.45) is 12.5. The molecule has 2 aliphatic rings. The first-order valence-corrected chi connectivity index (χ1v) is 20.2. The van der Waals surface area contributed by atoms with Gasteiger partial charge in [-0.3, -0.25) is 4.79 Å². The van der Waals surface area contributed by atoms with Gasteiger partial charge in [0.15, 0.2) is 12.6 Å². The molecule has 0 aromatic carbocycles. The van der Waals surface area contributed by atoms with Crippen molar-refractivity contribution in [1.82, 2.24) is 5.32 Å². The summed E-state index contributed by atoms with van der Waals surface area (Å²) in [7, 11) is 0. The van der Waals surface area contributed by atoms with Gasteiger partial charge in [0.25, 0.3) is 0 Å². The fourth-order valence-electron chi connectivity index (χ4n) is 6.42. The maximum Gasteiger partial charge on any atom is 0.220 e. The molecule has 12 atom stereocenters. The van der Waals surface area contributed by atoms with Gasteiger partial charge in [0.05, 0.1) is 32.0 Å². The lowest BCUT2D eigenvalue weighted by Gasteiger charge is -2.46. The molecule has 54 heavy (non-hydrogen) atoms. The van der Waals surface area contributed by atoms with Gasteiger partial charge in [-0.1, -0.05) is 102 Å². The predicted octanol–water partition coefficient (Wildman–Crippen LogP) is 2.42. The van der Waals surface area contributed by atoms with Gasteiger partial charge in [-0.15, -0.1) is 0 Å². The number of carbonyl (C=O) groups excluding carboxylic acids is 1. The second kappa shape index (κ2) is 28.6. The first-order valence-electron chi connectivity index (χ1n) is 20.2. The molecule has 0 aromatic rings. The lowest BCUT2D eigenvalue weighted by Crippen LogP contribution is -2.65. The number of allylic oxidation sites excluding steroid dienone is 5. The molecule has 0 bridgehead atoms. The van der Waals surface area contributed by atoms with E-state index in [4.69, 9.17) is 18.9 Å². The van der Waals surface area contributed by atoms with Crippen LogP contribution in [0.3, 0.4) is 0 Å². The quantitative estimate of drug-likeness (QED) is 0.0412. The van der Waals surface area contributed by atoms with Crippen molar-refractivity contribution in [3.8, 4) is 0 Å². The Morgan fingerprint density at radius 1 is 0.648 bits per heavy atom. The molecule has 2 saturated heterocycles. The fraction of sp³-hybridized carbons (Fsp3) is 0.825. The summed E-state index contributed by atoms with van der Waals surface area (Å²) in [6.45, 7) is 2.34. The topological polar surface area (TPSA) is 228 Å². The maximum absolute atomic E-state index is 12.5. The van der Waals surface area contributed by atoms with Gasteiger partial charge in [-0.2, -0.15) is 0 Å². The van der Waals surface area contributed by atoms with Crippen LogP contribution in [0.1, 0.15) is 117 Å². The van der Waals surface area contributed by atoms with Gasteiger partial charge in [-0.25, -0.2) is 0 Å². The molecule has 1 amide bonds. The summed E-state index contributed by atoms with van der Waals surface area (Å²) in [5, 5.41) is 85.3. The Hall–Kier alpha value is -1.79. The molecular formula is C40H71NO13. The molecule has 2 rings (SSSR count). The van der Waals surface area contributed by atoms with Gasteiger partial charge in [0, 0.05) is 6.42 Å². The number of amides is 1. The first kappa shape index (κ1) is 48.4. The van der Waals surface area contributed by atoms with Crippen LogP contribution < -0.4 is 5.32 Å². The van der Waals surface area contributed by atoms with Crippen LogP contribution in [0.5, 0.6) is 0 Å². The lowest BCUT2D eigenvalue weighted by molar-refractivity contribution is -0.359. The van der Waals surface area contributed by atoms with E-state index < -0.39 is 86.8 Å². The highest BCUT2D eigenvalue weighted by Crippen LogP contribution is 2.29. The third-order valence-corrected chi connectivity index (χ3v) is 9.78. The SMILES string of the molecule is CCCCCCCCCCC/C=C/CC/C=C/CC/C=C/C(O)C(COC1OC(CO)C(OC2OC(CO)C(O)C(O)C2O)C(O)C1O)NC(=O)CCC. The summed E-state index contributed by atoms with van der Waals surface area (Å²) in [5.74, 6) is -0.310.